The molecule has 0 atom stereocenters. The number of nitrogens with zero attached hydrogens (tertiary/aromatic N) is 3. The number of halogens is 1. The lowest BCUT2D eigenvalue weighted by atomic mass is 9.80. The van der Waals surface area contributed by atoms with E-state index < -0.39 is 0 Å². The van der Waals surface area contributed by atoms with Crippen LogP contribution in [0.4, 0.5) is 5.82 Å². The molecule has 1 aromatic rings. The van der Waals surface area contributed by atoms with E-state index in [-0.39, 0.29) is 23.7 Å². The van der Waals surface area contributed by atoms with Crippen molar-refractivity contribution in [2.75, 3.05) is 25.0 Å². The number of nitrogens with one attached hydrogen (secondary N) is 1. The molecule has 0 bridgehead atoms. The molecular formula is C16H28ClN5O. The van der Waals surface area contributed by atoms with Crippen molar-refractivity contribution in [3.63, 3.8) is 0 Å². The molecule has 7 heteroatoms. The van der Waals surface area contributed by atoms with Gasteiger partial charge in [-0.1, -0.05) is 13.8 Å². The van der Waals surface area contributed by atoms with Crippen LogP contribution in [0.25, 0.3) is 0 Å². The maximum atomic E-state index is 12.8. The van der Waals surface area contributed by atoms with Crippen LogP contribution in [0.1, 0.15) is 39.5 Å². The number of carbonyl (C=O) groups excluding carboxylic acids is 1. The molecular weight excluding hydrogens is 314 g/mol. The maximum Gasteiger partial charge on any atom is 0.230 e. The van der Waals surface area contributed by atoms with Gasteiger partial charge in [-0.05, 0) is 37.8 Å². The fourth-order valence-electron chi connectivity index (χ4n) is 3.08. The Morgan fingerprint density at radius 3 is 2.52 bits per heavy atom. The second kappa shape index (κ2) is 9.03. The first-order valence-electron chi connectivity index (χ1n) is 8.19. The Labute approximate surface area is 144 Å². The van der Waals surface area contributed by atoms with Crippen molar-refractivity contribution in [1.82, 2.24) is 15.1 Å². The third-order valence-corrected chi connectivity index (χ3v) is 4.90. The van der Waals surface area contributed by atoms with Crippen LogP contribution in [0.5, 0.6) is 0 Å². The van der Waals surface area contributed by atoms with Gasteiger partial charge in [-0.25, -0.2) is 0 Å². The molecule has 2 rings (SSSR count). The Morgan fingerprint density at radius 2 is 2.04 bits per heavy atom. The number of amides is 1. The van der Waals surface area contributed by atoms with Gasteiger partial charge in [0.25, 0.3) is 0 Å². The summed E-state index contributed by atoms with van der Waals surface area (Å²) in [7, 11) is 0. The van der Waals surface area contributed by atoms with Crippen LogP contribution in [-0.2, 0) is 4.79 Å². The standard InChI is InChI=1S/C16H27N5O.ClH/c1-3-16(4-2,12-17)15(22)21-10-7-13(8-11-21)19-14-6-5-9-18-20-14;/h5-6,9,13H,3-4,7-8,10-12,17H2,1-2H3,(H,19,20);1H. The predicted molar refractivity (Wildman–Crippen MR) is 94.6 cm³/mol. The summed E-state index contributed by atoms with van der Waals surface area (Å²) in [6.07, 6.45) is 5.12. The van der Waals surface area contributed by atoms with Gasteiger partial charge in [-0.15, -0.1) is 17.5 Å². The SMILES string of the molecule is CCC(CC)(CN)C(=O)N1CCC(Nc2cccnn2)CC1.Cl. The van der Waals surface area contributed by atoms with Gasteiger partial charge < -0.3 is 16.0 Å². The van der Waals surface area contributed by atoms with Gasteiger partial charge in [0.1, 0.15) is 5.82 Å². The van der Waals surface area contributed by atoms with Crippen molar-refractivity contribution < 1.29 is 4.79 Å². The van der Waals surface area contributed by atoms with Gasteiger partial charge in [0.2, 0.25) is 5.91 Å². The predicted octanol–water partition coefficient (Wildman–Crippen LogP) is 2.07. The molecule has 0 aromatic carbocycles. The molecule has 1 aliphatic rings. The Bertz CT molecular complexity index is 464. The molecule has 1 aliphatic heterocycles. The van der Waals surface area contributed by atoms with E-state index in [1.165, 1.54) is 0 Å². The van der Waals surface area contributed by atoms with Gasteiger partial charge >= 0.3 is 0 Å². The first-order chi connectivity index (χ1) is 10.6. The summed E-state index contributed by atoms with van der Waals surface area (Å²) >= 11 is 0. The normalized spacial score (nSPS) is 15.9. The summed E-state index contributed by atoms with van der Waals surface area (Å²) in [4.78, 5) is 14.8. The van der Waals surface area contributed by atoms with E-state index >= 15 is 0 Å². The highest BCUT2D eigenvalue weighted by Gasteiger charge is 2.38. The Kier molecular flexibility index (Phi) is 7.72. The lowest BCUT2D eigenvalue weighted by molar-refractivity contribution is -0.143. The summed E-state index contributed by atoms with van der Waals surface area (Å²) in [5.74, 6) is 1.02. The van der Waals surface area contributed by atoms with E-state index in [0.29, 0.717) is 12.6 Å². The fraction of sp³-hybridized carbons (Fsp3) is 0.688. The second-order valence-electron chi connectivity index (χ2n) is 6.01. The Morgan fingerprint density at radius 1 is 1.39 bits per heavy atom. The van der Waals surface area contributed by atoms with Crippen molar-refractivity contribution in [3.8, 4) is 0 Å². The van der Waals surface area contributed by atoms with Crippen LogP contribution in [-0.4, -0.2) is 46.7 Å². The molecule has 0 unspecified atom stereocenters. The molecule has 1 fully saturated rings. The van der Waals surface area contributed by atoms with Gasteiger partial charge in [0, 0.05) is 31.9 Å². The van der Waals surface area contributed by atoms with Crippen LogP contribution < -0.4 is 11.1 Å². The summed E-state index contributed by atoms with van der Waals surface area (Å²) in [6, 6.07) is 4.13. The molecule has 6 nitrogen and oxygen atoms in total. The molecule has 1 saturated heterocycles. The molecule has 2 heterocycles. The molecule has 0 saturated carbocycles. The van der Waals surface area contributed by atoms with Crippen molar-refractivity contribution in [1.29, 1.82) is 0 Å². The van der Waals surface area contributed by atoms with Crippen molar-refractivity contribution in [3.05, 3.63) is 18.3 Å². The van der Waals surface area contributed by atoms with Crippen molar-refractivity contribution in [2.45, 2.75) is 45.6 Å². The number of carbonyl (C=O) groups is 1. The van der Waals surface area contributed by atoms with Crippen LogP contribution in [0.2, 0.25) is 0 Å². The zero-order valence-electron chi connectivity index (χ0n) is 14.0. The lowest BCUT2D eigenvalue weighted by Gasteiger charge is -2.39. The number of nitrogens with two attached hydrogens (primary N) is 1. The molecule has 3 N–H and O–H groups in total. The van der Waals surface area contributed by atoms with E-state index in [0.717, 1.165) is 44.6 Å². The van der Waals surface area contributed by atoms with Crippen LogP contribution in [0, 0.1) is 5.41 Å². The van der Waals surface area contributed by atoms with Gasteiger partial charge in [0.05, 0.1) is 5.41 Å². The topological polar surface area (TPSA) is 84.1 Å². The number of aromatic nitrogens is 2. The zero-order valence-corrected chi connectivity index (χ0v) is 14.8. The fourth-order valence-corrected chi connectivity index (χ4v) is 3.08. The third-order valence-electron chi connectivity index (χ3n) is 4.90. The first kappa shape index (κ1) is 19.6. The summed E-state index contributed by atoms with van der Waals surface area (Å²) in [6.45, 7) is 6.08. The van der Waals surface area contributed by atoms with Crippen molar-refractivity contribution >= 4 is 24.1 Å². The number of rotatable bonds is 6. The number of likely N-dealkylation sites (tertiary alicyclic amines) is 1. The molecule has 0 spiro atoms. The number of piperidine rings is 1. The Hall–Kier alpha value is -1.40. The summed E-state index contributed by atoms with van der Waals surface area (Å²) < 4.78 is 0. The molecule has 1 amide bonds. The smallest absolute Gasteiger partial charge is 0.230 e. The minimum Gasteiger partial charge on any atom is -0.366 e. The van der Waals surface area contributed by atoms with Crippen LogP contribution in [0.3, 0.4) is 0 Å². The molecule has 1 aromatic heterocycles. The van der Waals surface area contributed by atoms with Crippen molar-refractivity contribution in [2.24, 2.45) is 11.1 Å². The third kappa shape index (κ3) is 4.54. The highest BCUT2D eigenvalue weighted by Crippen LogP contribution is 2.29. The average Bonchev–Trinajstić information content (AvgIpc) is 2.58. The van der Waals surface area contributed by atoms with Crippen LogP contribution >= 0.6 is 12.4 Å². The molecule has 0 aliphatic carbocycles. The molecule has 130 valence electrons. The van der Waals surface area contributed by atoms with Gasteiger partial charge in [0.15, 0.2) is 0 Å². The lowest BCUT2D eigenvalue weighted by Crippen LogP contribution is -2.51. The average molecular weight is 342 g/mol. The maximum absolute atomic E-state index is 12.8. The summed E-state index contributed by atoms with van der Waals surface area (Å²) in [5.41, 5.74) is 5.51. The number of hydrogen-bond donors (Lipinski definition) is 2. The number of anilines is 1. The largest absolute Gasteiger partial charge is 0.366 e. The van der Waals surface area contributed by atoms with E-state index in [1.807, 2.05) is 17.0 Å². The van der Waals surface area contributed by atoms with E-state index in [9.17, 15) is 4.79 Å². The highest BCUT2D eigenvalue weighted by atomic mass is 35.5. The summed E-state index contributed by atoms with van der Waals surface area (Å²) in [5, 5.41) is 11.3. The Balaban J connectivity index is 0.00000264. The van der Waals surface area contributed by atoms with E-state index in [4.69, 9.17) is 5.73 Å². The minimum absolute atomic E-state index is 0. The first-order valence-corrected chi connectivity index (χ1v) is 8.19. The molecule has 23 heavy (non-hydrogen) atoms. The monoisotopic (exact) mass is 341 g/mol. The quantitative estimate of drug-likeness (QED) is 0.827. The van der Waals surface area contributed by atoms with E-state index in [1.54, 1.807) is 6.20 Å². The van der Waals surface area contributed by atoms with E-state index in [2.05, 4.69) is 29.4 Å². The number of hydrogen-bond acceptors (Lipinski definition) is 5. The van der Waals surface area contributed by atoms with Gasteiger partial charge in [-0.2, -0.15) is 5.10 Å². The highest BCUT2D eigenvalue weighted by molar-refractivity contribution is 5.85. The molecule has 0 radical (unpaired) electrons. The zero-order chi connectivity index (χ0) is 16.0. The second-order valence-corrected chi connectivity index (χ2v) is 6.01. The minimum atomic E-state index is -0.384. The van der Waals surface area contributed by atoms with Gasteiger partial charge in [-0.3, -0.25) is 4.79 Å². The van der Waals surface area contributed by atoms with Crippen LogP contribution in [0.15, 0.2) is 18.3 Å².